The van der Waals surface area contributed by atoms with E-state index in [0.29, 0.717) is 55.4 Å². The van der Waals surface area contributed by atoms with Crippen molar-refractivity contribution in [2.75, 3.05) is 38.2 Å². The van der Waals surface area contributed by atoms with Crippen LogP contribution in [0.3, 0.4) is 0 Å². The minimum absolute atomic E-state index is 0.00195. The summed E-state index contributed by atoms with van der Waals surface area (Å²) in [6, 6.07) is 10.7. The molecule has 1 spiro atoms. The highest BCUT2D eigenvalue weighted by molar-refractivity contribution is 7.88. The first-order valence-electron chi connectivity index (χ1n) is 17.7. The number of rotatable bonds is 4. The van der Waals surface area contributed by atoms with Crippen molar-refractivity contribution in [1.29, 1.82) is 0 Å². The molecule has 2 aliphatic heterocycles. The maximum absolute atomic E-state index is 13.9. The lowest BCUT2D eigenvalue weighted by Crippen LogP contribution is -2.54. The molecule has 2 fully saturated rings. The largest absolute Gasteiger partial charge is 0.490 e. The summed E-state index contributed by atoms with van der Waals surface area (Å²) in [4.78, 5) is 31.1. The lowest BCUT2D eigenvalue weighted by molar-refractivity contribution is -0.148. The topological polar surface area (TPSA) is 149 Å². The Hall–Kier alpha value is -3.16. The van der Waals surface area contributed by atoms with Crippen LogP contribution in [0, 0.1) is 11.3 Å². The number of carbonyl (C=O) groups is 2. The minimum Gasteiger partial charge on any atom is -0.490 e. The molecule has 11 nitrogen and oxygen atoms in total. The summed E-state index contributed by atoms with van der Waals surface area (Å²) in [5.74, 6) is -1.19. The quantitative estimate of drug-likeness (QED) is 0.349. The van der Waals surface area contributed by atoms with Gasteiger partial charge in [-0.2, -0.15) is 13.1 Å². The number of carbonyl (C=O) groups excluding carboxylic acids is 2. The van der Waals surface area contributed by atoms with Gasteiger partial charge in [-0.1, -0.05) is 42.8 Å². The van der Waals surface area contributed by atoms with Gasteiger partial charge in [0.1, 0.15) is 5.75 Å². The van der Waals surface area contributed by atoms with Gasteiger partial charge < -0.3 is 24.7 Å². The van der Waals surface area contributed by atoms with Gasteiger partial charge in [0.05, 0.1) is 24.8 Å². The van der Waals surface area contributed by atoms with Crippen LogP contribution in [0.4, 0.5) is 5.69 Å². The van der Waals surface area contributed by atoms with Crippen LogP contribution in [0.25, 0.3) is 0 Å². The normalized spacial score (nSPS) is 31.6. The second kappa shape index (κ2) is 13.1. The predicted molar refractivity (Wildman–Crippen MR) is 190 cm³/mol. The first kappa shape index (κ1) is 35.3. The van der Waals surface area contributed by atoms with E-state index in [0.717, 1.165) is 32.1 Å². The molecule has 0 aromatic heterocycles. The first-order valence-corrected chi connectivity index (χ1v) is 19.5. The van der Waals surface area contributed by atoms with Crippen molar-refractivity contribution in [2.24, 2.45) is 11.3 Å². The van der Waals surface area contributed by atoms with Gasteiger partial charge in [-0.3, -0.25) is 9.59 Å². The Morgan fingerprint density at radius 1 is 1.10 bits per heavy atom. The summed E-state index contributed by atoms with van der Waals surface area (Å²) in [5, 5.41) is 24.3. The van der Waals surface area contributed by atoms with Gasteiger partial charge in [0.2, 0.25) is 5.91 Å². The van der Waals surface area contributed by atoms with Gasteiger partial charge in [0.25, 0.3) is 5.91 Å². The standard InChI is InChI=1S/C37H47ClN4O7S/c1-35-16-14-29(35)31(43)7-3-4-17-41(2)33(44)20-37(46,34(45)40-50(47,48)39-27-10-11-27)25-8-13-32-30(19-25)42(21-35)22-36(23-49-32)15-5-6-24-18-26(38)9-12-28(24)36/h3,7-9,12-13,18-19,27,29,31,39,43,46H,4-6,10-11,14-17,20-23H2,1-2H3,(H,40,45)/t29-,31-,35?,36-,37+/m0/s1. The van der Waals surface area contributed by atoms with Gasteiger partial charge in [-0.25, -0.2) is 4.72 Å². The number of halogens is 1. The number of amides is 2. The van der Waals surface area contributed by atoms with Crippen LogP contribution in [0.2, 0.25) is 5.02 Å². The van der Waals surface area contributed by atoms with E-state index < -0.39 is 40.1 Å². The first-order chi connectivity index (χ1) is 23.7. The SMILES string of the molecule is CN1CCC=C[C@H](O)[C@@H]2CCC2(C)CN2C[C@@]3(CCCc4cc(Cl)ccc43)COc3ccc(cc32)[C@@](O)(C(=O)NS(=O)(=O)NC2CC2)CC1=O. The number of nitrogens with one attached hydrogen (secondary N) is 2. The molecule has 1 unspecified atom stereocenters. The Morgan fingerprint density at radius 2 is 1.90 bits per heavy atom. The van der Waals surface area contributed by atoms with E-state index in [9.17, 15) is 28.2 Å². The Kier molecular flexibility index (Phi) is 9.24. The highest BCUT2D eigenvalue weighted by atomic mass is 35.5. The summed E-state index contributed by atoms with van der Waals surface area (Å²) in [6.07, 6.45) is 8.65. The van der Waals surface area contributed by atoms with E-state index in [1.165, 1.54) is 16.0 Å². The van der Waals surface area contributed by atoms with Gasteiger partial charge >= 0.3 is 10.2 Å². The Balaban J connectivity index is 1.34. The second-order valence-electron chi connectivity index (χ2n) is 15.4. The summed E-state index contributed by atoms with van der Waals surface area (Å²) in [7, 11) is -2.73. The van der Waals surface area contributed by atoms with Crippen LogP contribution >= 0.6 is 11.6 Å². The smallest absolute Gasteiger partial charge is 0.301 e. The fourth-order valence-corrected chi connectivity index (χ4v) is 9.80. The molecule has 2 bridgehead atoms. The number of hydrogen-bond acceptors (Lipinski definition) is 8. The van der Waals surface area contributed by atoms with E-state index in [1.807, 2.05) is 29.0 Å². The molecule has 2 aromatic rings. The number of benzene rings is 2. The number of aliphatic hydroxyl groups excluding tert-OH is 1. The number of fused-ring (bicyclic) bond motifs is 4. The molecule has 0 radical (unpaired) electrons. The number of anilines is 1. The molecule has 4 N–H and O–H groups in total. The molecular formula is C37H47ClN4O7S. The molecule has 0 saturated heterocycles. The van der Waals surface area contributed by atoms with Crippen molar-refractivity contribution in [3.05, 3.63) is 70.3 Å². The Bertz CT molecular complexity index is 1820. The minimum atomic E-state index is -4.30. The van der Waals surface area contributed by atoms with E-state index >= 15 is 0 Å². The van der Waals surface area contributed by atoms with Crippen molar-refractivity contribution in [2.45, 2.75) is 87.9 Å². The second-order valence-corrected chi connectivity index (χ2v) is 17.3. The third-order valence-electron chi connectivity index (χ3n) is 11.7. The fourth-order valence-electron chi connectivity index (χ4n) is 8.46. The van der Waals surface area contributed by atoms with Crippen molar-refractivity contribution in [3.8, 4) is 5.75 Å². The molecule has 3 aliphatic carbocycles. The van der Waals surface area contributed by atoms with Crippen LogP contribution in [-0.4, -0.2) is 80.8 Å². The van der Waals surface area contributed by atoms with Crippen molar-refractivity contribution < 1.29 is 33.0 Å². The van der Waals surface area contributed by atoms with E-state index in [-0.39, 0.29) is 34.9 Å². The van der Waals surface area contributed by atoms with Crippen LogP contribution in [0.1, 0.15) is 75.0 Å². The summed E-state index contributed by atoms with van der Waals surface area (Å²) < 4.78 is 36.9. The molecule has 270 valence electrons. The Labute approximate surface area is 299 Å². The molecule has 2 saturated carbocycles. The predicted octanol–water partition coefficient (Wildman–Crippen LogP) is 3.70. The van der Waals surface area contributed by atoms with Crippen LogP contribution in [-0.2, 0) is 37.2 Å². The van der Waals surface area contributed by atoms with Crippen LogP contribution < -0.4 is 19.1 Å². The zero-order valence-corrected chi connectivity index (χ0v) is 30.2. The van der Waals surface area contributed by atoms with Gasteiger partial charge in [-0.15, -0.1) is 0 Å². The molecule has 5 atom stereocenters. The van der Waals surface area contributed by atoms with Gasteiger partial charge in [-0.05, 0) is 104 Å². The molecule has 13 heteroatoms. The molecule has 2 heterocycles. The van der Waals surface area contributed by atoms with Crippen LogP contribution in [0.15, 0.2) is 48.6 Å². The lowest BCUT2D eigenvalue weighted by atomic mass is 9.58. The van der Waals surface area contributed by atoms with E-state index in [4.69, 9.17) is 16.3 Å². The molecule has 2 amide bonds. The average Bonchev–Trinajstić information content (AvgIpc) is 3.88. The van der Waals surface area contributed by atoms with Crippen molar-refractivity contribution in [1.82, 2.24) is 14.3 Å². The fraction of sp³-hybridized carbons (Fsp3) is 0.568. The lowest BCUT2D eigenvalue weighted by Gasteiger charge is -2.52. The Morgan fingerprint density at radius 3 is 2.64 bits per heavy atom. The monoisotopic (exact) mass is 726 g/mol. The molecular weight excluding hydrogens is 680 g/mol. The third kappa shape index (κ3) is 6.77. The van der Waals surface area contributed by atoms with Gasteiger partial charge in [0.15, 0.2) is 5.60 Å². The van der Waals surface area contributed by atoms with Crippen molar-refractivity contribution >= 4 is 39.3 Å². The van der Waals surface area contributed by atoms with Gasteiger partial charge in [0, 0.05) is 43.2 Å². The summed E-state index contributed by atoms with van der Waals surface area (Å²) >= 11 is 6.44. The molecule has 50 heavy (non-hydrogen) atoms. The summed E-state index contributed by atoms with van der Waals surface area (Å²) in [5.41, 5.74) is -0.0771. The zero-order valence-electron chi connectivity index (χ0n) is 28.7. The van der Waals surface area contributed by atoms with Crippen LogP contribution in [0.5, 0.6) is 5.75 Å². The number of aliphatic hydroxyl groups is 2. The van der Waals surface area contributed by atoms with E-state index in [2.05, 4.69) is 22.6 Å². The number of nitrogens with zero attached hydrogens (tertiary/aromatic N) is 2. The number of aryl methyl sites for hydroxylation is 1. The molecule has 2 aromatic carbocycles. The number of hydrogen-bond donors (Lipinski definition) is 4. The maximum Gasteiger partial charge on any atom is 0.301 e. The number of ether oxygens (including phenoxy) is 1. The maximum atomic E-state index is 13.9. The van der Waals surface area contributed by atoms with E-state index in [1.54, 1.807) is 25.2 Å². The summed E-state index contributed by atoms with van der Waals surface area (Å²) in [6.45, 7) is 4.02. The zero-order chi connectivity index (χ0) is 35.5. The third-order valence-corrected chi connectivity index (χ3v) is 13.0. The average molecular weight is 727 g/mol. The molecule has 5 aliphatic rings. The highest BCUT2D eigenvalue weighted by Crippen LogP contribution is 2.52. The van der Waals surface area contributed by atoms with Crippen molar-refractivity contribution in [3.63, 3.8) is 0 Å². The molecule has 7 rings (SSSR count). The highest BCUT2D eigenvalue weighted by Gasteiger charge is 2.50.